The molecule has 104 valence electrons. The van der Waals surface area contributed by atoms with Gasteiger partial charge in [-0.05, 0) is 0 Å². The fourth-order valence-corrected chi connectivity index (χ4v) is 0. The van der Waals surface area contributed by atoms with Gasteiger partial charge in [0.2, 0.25) is 0 Å². The van der Waals surface area contributed by atoms with Gasteiger partial charge in [0.15, 0.2) is 0 Å². The number of rotatable bonds is 4. The van der Waals surface area contributed by atoms with E-state index in [9.17, 15) is 0 Å². The molecule has 0 aromatic rings. The molecule has 0 saturated heterocycles. The normalized spacial score (nSPS) is 6.32. The molecule has 0 fully saturated rings. The topological polar surface area (TPSA) is 258 Å². The van der Waals surface area contributed by atoms with Crippen LogP contribution >= 0.6 is 0 Å². The summed E-state index contributed by atoms with van der Waals surface area (Å²) in [5.41, 5.74) is 0. The minimum atomic E-state index is 0. The van der Waals surface area contributed by atoms with Gasteiger partial charge < -0.3 is 82.4 Å². The molecular formula is Al2O16Sr. The summed E-state index contributed by atoms with van der Waals surface area (Å²) in [6, 6.07) is 0. The Kier molecular flexibility index (Phi) is 163. The van der Waals surface area contributed by atoms with Gasteiger partial charge in [-0.15, -0.1) is 0 Å². The first-order valence-electron chi connectivity index (χ1n) is 2.00. The van der Waals surface area contributed by atoms with Crippen molar-refractivity contribution in [1.82, 2.24) is 0 Å². The van der Waals surface area contributed by atoms with Gasteiger partial charge >= 0.3 is 80.2 Å². The second-order valence-corrected chi connectivity index (χ2v) is 0.544. The monoisotopic (exact) mass is 398 g/mol. The average Bonchev–Trinajstić information content (AvgIpc) is 2.39. The van der Waals surface area contributed by atoms with Crippen LogP contribution in [-0.2, 0) is 40.3 Å². The first kappa shape index (κ1) is 42.8. The van der Waals surface area contributed by atoms with Crippen LogP contribution in [0, 0.1) is 0 Å². The summed E-state index contributed by atoms with van der Waals surface area (Å²) >= 11 is 0. The fraction of sp³-hybridized carbons (Fsp3) is 0. The van der Waals surface area contributed by atoms with Crippen LogP contribution in [0.2, 0.25) is 0 Å². The zero-order valence-electron chi connectivity index (χ0n) is 8.39. The van der Waals surface area contributed by atoms with E-state index in [0.717, 1.165) is 0 Å². The van der Waals surface area contributed by atoms with Crippen molar-refractivity contribution < 1.29 is 82.4 Å². The molecule has 0 aromatic heterocycles. The molecular weight excluding hydrogens is 398 g/mol. The van der Waals surface area contributed by atoms with Crippen LogP contribution < -0.4 is 42.1 Å². The van der Waals surface area contributed by atoms with E-state index in [4.69, 9.17) is 42.1 Å². The summed E-state index contributed by atoms with van der Waals surface area (Å²) in [5, 5.41) is 84.0. The largest absolute Gasteiger partial charge is 3.00 e. The smallest absolute Gasteiger partial charge is 0.693 e. The Morgan fingerprint density at radius 1 is 0.316 bits per heavy atom. The van der Waals surface area contributed by atoms with Crippen molar-refractivity contribution in [2.75, 3.05) is 0 Å². The molecule has 0 bridgehead atoms. The maximum Gasteiger partial charge on any atom is 3.00 e. The average molecular weight is 398 g/mol. The van der Waals surface area contributed by atoms with Crippen LogP contribution in [0.5, 0.6) is 0 Å². The Bertz CT molecular complexity index is 38.7. The molecule has 19 heavy (non-hydrogen) atoms. The molecule has 0 aromatic carbocycles. The molecule has 0 heterocycles. The molecule has 16 nitrogen and oxygen atoms in total. The van der Waals surface area contributed by atoms with Gasteiger partial charge in [0, 0.05) is 0 Å². The Morgan fingerprint density at radius 2 is 0.368 bits per heavy atom. The van der Waals surface area contributed by atoms with Gasteiger partial charge in [0.1, 0.15) is 0 Å². The maximum atomic E-state index is 8.26. The van der Waals surface area contributed by atoms with Gasteiger partial charge in [0.25, 0.3) is 0 Å². The first-order valence-corrected chi connectivity index (χ1v) is 2.00. The van der Waals surface area contributed by atoms with E-state index in [1.807, 2.05) is 0 Å². The van der Waals surface area contributed by atoms with E-state index in [2.05, 4.69) is 40.3 Å². The zero-order valence-corrected chi connectivity index (χ0v) is 14.2. The van der Waals surface area contributed by atoms with E-state index in [1.54, 1.807) is 0 Å². The van der Waals surface area contributed by atoms with Crippen molar-refractivity contribution in [1.29, 1.82) is 0 Å². The summed E-state index contributed by atoms with van der Waals surface area (Å²) in [6.07, 6.45) is 0. The van der Waals surface area contributed by atoms with Crippen LogP contribution in [0.1, 0.15) is 0 Å². The van der Waals surface area contributed by atoms with Crippen molar-refractivity contribution in [3.63, 3.8) is 0 Å². The van der Waals surface area contributed by atoms with Crippen LogP contribution in [0.3, 0.4) is 0 Å². The van der Waals surface area contributed by atoms with Gasteiger partial charge in [-0.2, -0.15) is 0 Å². The van der Waals surface area contributed by atoms with Crippen LogP contribution in [0.25, 0.3) is 0 Å². The third-order valence-electron chi connectivity index (χ3n) is 0.111. The van der Waals surface area contributed by atoms with Gasteiger partial charge in [-0.1, -0.05) is 0 Å². The quantitative estimate of drug-likeness (QED) is 0.242. The Balaban J connectivity index is -0.0000000192. The third kappa shape index (κ3) is 183. The number of hydrogen-bond acceptors (Lipinski definition) is 16. The molecule has 0 rings (SSSR count). The third-order valence-corrected chi connectivity index (χ3v) is 0.111. The summed E-state index contributed by atoms with van der Waals surface area (Å²) in [7, 11) is 0. The molecule has 0 spiro atoms. The number of hydrogen-bond donors (Lipinski definition) is 0. The van der Waals surface area contributed by atoms with E-state index >= 15 is 0 Å². The van der Waals surface area contributed by atoms with Crippen molar-refractivity contribution in [3.05, 3.63) is 0 Å². The first-order chi connectivity index (χ1) is 7.66. The van der Waals surface area contributed by atoms with Crippen LogP contribution in [-0.4, -0.2) is 80.2 Å². The fourth-order valence-electron chi connectivity index (χ4n) is 0. The molecule has 0 N–H and O–H groups in total. The molecule has 0 aliphatic heterocycles. The Morgan fingerprint density at radius 3 is 0.368 bits per heavy atom. The van der Waals surface area contributed by atoms with E-state index in [0.29, 0.717) is 0 Å². The van der Waals surface area contributed by atoms with Crippen LogP contribution in [0.15, 0.2) is 0 Å². The van der Waals surface area contributed by atoms with Gasteiger partial charge in [-0.3, -0.25) is 0 Å². The SMILES string of the molecule is [Al+3].[Al+3].[O-]OO[O-].[O-]OO[O-].[O-]OO[O-].[O-]OO[O-].[Sr+2]. The van der Waals surface area contributed by atoms with Gasteiger partial charge in [0.05, 0.1) is 0 Å². The van der Waals surface area contributed by atoms with Gasteiger partial charge in [-0.25, -0.2) is 0 Å². The van der Waals surface area contributed by atoms with Crippen molar-refractivity contribution in [3.8, 4) is 0 Å². The summed E-state index contributed by atoms with van der Waals surface area (Å²) < 4.78 is 0. The van der Waals surface area contributed by atoms with Crippen molar-refractivity contribution >= 4 is 80.2 Å². The molecule has 0 saturated carbocycles. The predicted octanol–water partition coefficient (Wildman–Crippen LogP) is -11.2. The van der Waals surface area contributed by atoms with E-state index < -0.39 is 0 Å². The van der Waals surface area contributed by atoms with Crippen molar-refractivity contribution in [2.45, 2.75) is 0 Å². The minimum Gasteiger partial charge on any atom is -0.693 e. The minimum absolute atomic E-state index is 0. The second-order valence-electron chi connectivity index (χ2n) is 0.544. The second kappa shape index (κ2) is 72.5. The zero-order chi connectivity index (χ0) is 13.7. The Labute approximate surface area is 161 Å². The molecule has 0 amide bonds. The standard InChI is InChI=1S/2Al.4H2O4.Sr/c;;4*1-3-4-2;/h;;4*1-2H;/q2*+3;;;;;+2/p-8. The van der Waals surface area contributed by atoms with Crippen LogP contribution in [0.4, 0.5) is 0 Å². The Hall–Kier alpha value is 1.91. The maximum absolute atomic E-state index is 8.26. The van der Waals surface area contributed by atoms with E-state index in [1.165, 1.54) is 0 Å². The van der Waals surface area contributed by atoms with Crippen molar-refractivity contribution in [2.24, 2.45) is 0 Å². The summed E-state index contributed by atoms with van der Waals surface area (Å²) in [5.74, 6) is 0. The molecule has 0 aliphatic rings. The summed E-state index contributed by atoms with van der Waals surface area (Å²) in [6.45, 7) is 0. The predicted molar refractivity (Wildman–Crippen MR) is 25.9 cm³/mol. The molecule has 0 unspecified atom stereocenters. The molecule has 19 heteroatoms. The van der Waals surface area contributed by atoms with E-state index in [-0.39, 0.29) is 80.2 Å². The summed E-state index contributed by atoms with van der Waals surface area (Å²) in [4.78, 5) is 0. The molecule has 0 radical (unpaired) electrons. The molecule has 0 aliphatic carbocycles. The molecule has 0 atom stereocenters.